The van der Waals surface area contributed by atoms with Gasteiger partial charge in [0.1, 0.15) is 5.60 Å². The zero-order valence-electron chi connectivity index (χ0n) is 31.9. The normalized spacial score (nSPS) is 20.1. The van der Waals surface area contributed by atoms with E-state index in [1.807, 2.05) is 73.3 Å². The van der Waals surface area contributed by atoms with Crippen LogP contribution in [0.4, 0.5) is 4.79 Å². The van der Waals surface area contributed by atoms with E-state index in [0.29, 0.717) is 37.7 Å². The van der Waals surface area contributed by atoms with Crippen LogP contribution < -0.4 is 16.0 Å². The highest BCUT2D eigenvalue weighted by atomic mass is 32.2. The summed E-state index contributed by atoms with van der Waals surface area (Å²) < 4.78 is 44.1. The maximum atomic E-state index is 13.9. The predicted molar refractivity (Wildman–Crippen MR) is 213 cm³/mol. The first-order chi connectivity index (χ1) is 26.0. The molecule has 0 radical (unpaired) electrons. The highest BCUT2D eigenvalue weighted by molar-refractivity contribution is 8.00. The van der Waals surface area contributed by atoms with Gasteiger partial charge in [0.2, 0.25) is 5.91 Å². The van der Waals surface area contributed by atoms with Crippen molar-refractivity contribution in [1.82, 2.24) is 16.0 Å². The van der Waals surface area contributed by atoms with Gasteiger partial charge in [-0.2, -0.15) is 11.8 Å². The minimum absolute atomic E-state index is 0.0155. The summed E-state index contributed by atoms with van der Waals surface area (Å²) in [5.74, 6) is 0.850. The molecule has 11 nitrogen and oxygen atoms in total. The number of ether oxygens (including phenoxy) is 2. The Kier molecular flexibility index (Phi) is 15.6. The fourth-order valence-electron chi connectivity index (χ4n) is 6.88. The SMILES string of the molecule is CCOCCOP(=O)(OCCC(CCNC(=O)CCCC1SCC2NC(=O)NC21)OC(c1ccccc1)(c1ccccc1)c1ccccc1)OC(C)(C)C. The van der Waals surface area contributed by atoms with Crippen molar-refractivity contribution in [3.05, 3.63) is 108 Å². The Morgan fingerprint density at radius 3 is 2.04 bits per heavy atom. The highest BCUT2D eigenvalue weighted by Crippen LogP contribution is 2.53. The van der Waals surface area contributed by atoms with Gasteiger partial charge >= 0.3 is 13.9 Å². The van der Waals surface area contributed by atoms with Crippen LogP contribution in [0.2, 0.25) is 0 Å². The van der Waals surface area contributed by atoms with Crippen LogP contribution in [-0.2, 0) is 38.0 Å². The smallest absolute Gasteiger partial charge is 0.379 e. The zero-order valence-corrected chi connectivity index (χ0v) is 33.6. The molecule has 3 N–H and O–H groups in total. The van der Waals surface area contributed by atoms with Gasteiger partial charge in [0, 0.05) is 30.6 Å². The first-order valence-electron chi connectivity index (χ1n) is 19.0. The first-order valence-corrected chi connectivity index (χ1v) is 21.5. The summed E-state index contributed by atoms with van der Waals surface area (Å²) in [6.07, 6.45) is 2.28. The van der Waals surface area contributed by atoms with Gasteiger partial charge in [0.15, 0.2) is 0 Å². The lowest BCUT2D eigenvalue weighted by Crippen LogP contribution is -2.39. The van der Waals surface area contributed by atoms with E-state index in [2.05, 4.69) is 52.3 Å². The quantitative estimate of drug-likeness (QED) is 0.0408. The van der Waals surface area contributed by atoms with E-state index in [1.54, 1.807) is 20.8 Å². The molecule has 5 rings (SSSR count). The Labute approximate surface area is 324 Å². The van der Waals surface area contributed by atoms with E-state index in [9.17, 15) is 14.2 Å². The monoisotopic (exact) mass is 781 g/mol. The Bertz CT molecular complexity index is 1550. The number of rotatable bonds is 22. The molecule has 5 atom stereocenters. The molecule has 2 fully saturated rings. The number of amides is 3. The number of phosphoric ester groups is 1. The topological polar surface area (TPSA) is 133 Å². The molecule has 0 aromatic heterocycles. The van der Waals surface area contributed by atoms with E-state index in [0.717, 1.165) is 35.3 Å². The van der Waals surface area contributed by atoms with Crippen molar-refractivity contribution in [2.24, 2.45) is 0 Å². The molecule has 294 valence electrons. The number of benzene rings is 3. The van der Waals surface area contributed by atoms with Gasteiger partial charge in [-0.1, -0.05) is 91.0 Å². The Morgan fingerprint density at radius 2 is 1.46 bits per heavy atom. The zero-order chi connectivity index (χ0) is 38.4. The van der Waals surface area contributed by atoms with Crippen molar-refractivity contribution < 1.29 is 37.2 Å². The van der Waals surface area contributed by atoms with Crippen molar-refractivity contribution in [2.75, 3.05) is 38.7 Å². The van der Waals surface area contributed by atoms with E-state index in [-0.39, 0.29) is 43.8 Å². The van der Waals surface area contributed by atoms with Crippen molar-refractivity contribution in [1.29, 1.82) is 0 Å². The molecular weight excluding hydrogens is 726 g/mol. The van der Waals surface area contributed by atoms with Gasteiger partial charge in [-0.3, -0.25) is 18.4 Å². The molecule has 2 saturated heterocycles. The lowest BCUT2D eigenvalue weighted by atomic mass is 9.79. The van der Waals surface area contributed by atoms with E-state index in [4.69, 9.17) is 23.0 Å². The number of carbonyl (C=O) groups excluding carboxylic acids is 2. The van der Waals surface area contributed by atoms with Gasteiger partial charge in [0.25, 0.3) is 0 Å². The summed E-state index contributed by atoms with van der Waals surface area (Å²) in [4.78, 5) is 24.9. The van der Waals surface area contributed by atoms with E-state index in [1.165, 1.54) is 0 Å². The lowest BCUT2D eigenvalue weighted by molar-refractivity contribution is -0.121. The molecule has 5 unspecified atom stereocenters. The Hall–Kier alpha value is -3.22. The largest absolute Gasteiger partial charge is 0.475 e. The van der Waals surface area contributed by atoms with Gasteiger partial charge in [0.05, 0.1) is 43.6 Å². The van der Waals surface area contributed by atoms with Crippen LogP contribution in [0.15, 0.2) is 91.0 Å². The second kappa shape index (κ2) is 20.1. The molecule has 0 aliphatic carbocycles. The number of nitrogens with one attached hydrogen (secondary N) is 3. The molecule has 3 aromatic rings. The van der Waals surface area contributed by atoms with Crippen LogP contribution in [0.25, 0.3) is 0 Å². The molecule has 3 aromatic carbocycles. The van der Waals surface area contributed by atoms with Gasteiger partial charge in [-0.15, -0.1) is 0 Å². The van der Waals surface area contributed by atoms with E-state index >= 15 is 0 Å². The summed E-state index contributed by atoms with van der Waals surface area (Å²) in [7, 11) is -3.97. The lowest BCUT2D eigenvalue weighted by Gasteiger charge is -2.39. The number of phosphoric acid groups is 1. The third kappa shape index (κ3) is 11.9. The molecular formula is C41H56N3O8PS. The fourth-order valence-corrected chi connectivity index (χ4v) is 9.90. The van der Waals surface area contributed by atoms with Crippen LogP contribution >= 0.6 is 19.6 Å². The molecule has 2 aliphatic rings. The number of thioether (sulfide) groups is 1. The average molecular weight is 782 g/mol. The van der Waals surface area contributed by atoms with E-state index < -0.39 is 25.1 Å². The van der Waals surface area contributed by atoms with Crippen molar-refractivity contribution in [3.8, 4) is 0 Å². The standard InChI is InChI=1S/C41H56N3O8PS/c1-5-48-28-29-50-53(47,52-40(2,3)4)49-27-25-34(24-26-42-37(45)23-15-22-36-38-35(30-54-36)43-39(46)44-38)51-41(31-16-9-6-10-17-31,32-18-11-7-12-19-32)33-20-13-8-14-21-33/h6-14,16-21,34-36,38H,5,15,22-30H2,1-4H3,(H,42,45)(H2,43,44,46). The molecule has 54 heavy (non-hydrogen) atoms. The summed E-state index contributed by atoms with van der Waals surface area (Å²) >= 11 is 1.85. The highest BCUT2D eigenvalue weighted by Gasteiger charge is 2.43. The first kappa shape index (κ1) is 41.9. The molecule has 2 heterocycles. The number of carbonyl (C=O) groups is 2. The maximum absolute atomic E-state index is 13.9. The summed E-state index contributed by atoms with van der Waals surface area (Å²) in [6.45, 7) is 8.46. The summed E-state index contributed by atoms with van der Waals surface area (Å²) in [6, 6.07) is 30.5. The Morgan fingerprint density at radius 1 is 0.870 bits per heavy atom. The third-order valence-corrected chi connectivity index (χ3v) is 12.5. The van der Waals surface area contributed by atoms with Crippen LogP contribution in [0.5, 0.6) is 0 Å². The fraction of sp³-hybridized carbons (Fsp3) is 0.512. The maximum Gasteiger partial charge on any atom is 0.475 e. The Balaban J connectivity index is 1.33. The summed E-state index contributed by atoms with van der Waals surface area (Å²) in [5, 5.41) is 9.40. The minimum atomic E-state index is -3.97. The average Bonchev–Trinajstić information content (AvgIpc) is 3.71. The van der Waals surface area contributed by atoms with Gasteiger partial charge in [-0.25, -0.2) is 9.36 Å². The number of hydrogen-bond acceptors (Lipinski definition) is 9. The van der Waals surface area contributed by atoms with Crippen molar-refractivity contribution >= 4 is 31.5 Å². The minimum Gasteiger partial charge on any atom is -0.379 e. The van der Waals surface area contributed by atoms with Crippen molar-refractivity contribution in [2.45, 2.75) is 94.4 Å². The third-order valence-electron chi connectivity index (χ3n) is 9.26. The van der Waals surface area contributed by atoms with Crippen LogP contribution in [0.3, 0.4) is 0 Å². The van der Waals surface area contributed by atoms with Crippen LogP contribution in [-0.4, -0.2) is 79.7 Å². The summed E-state index contributed by atoms with van der Waals surface area (Å²) in [5.41, 5.74) is 1.03. The van der Waals surface area contributed by atoms with Gasteiger partial charge < -0.3 is 25.4 Å². The molecule has 0 bridgehead atoms. The van der Waals surface area contributed by atoms with Crippen LogP contribution in [0.1, 0.15) is 76.5 Å². The molecule has 0 spiro atoms. The number of fused-ring (bicyclic) bond motifs is 1. The number of urea groups is 1. The van der Waals surface area contributed by atoms with Crippen LogP contribution in [0, 0.1) is 0 Å². The second-order valence-corrected chi connectivity index (χ2v) is 17.3. The molecule has 13 heteroatoms. The molecule has 0 saturated carbocycles. The second-order valence-electron chi connectivity index (χ2n) is 14.5. The van der Waals surface area contributed by atoms with Crippen molar-refractivity contribution in [3.63, 3.8) is 0 Å². The number of hydrogen-bond donors (Lipinski definition) is 3. The molecule has 3 amide bonds. The van der Waals surface area contributed by atoms with Gasteiger partial charge in [-0.05, 0) is 70.1 Å². The molecule has 2 aliphatic heterocycles. The predicted octanol–water partition coefficient (Wildman–Crippen LogP) is 7.59.